The fraction of sp³-hybridized carbons (Fsp3) is 0.438. The van der Waals surface area contributed by atoms with E-state index >= 15 is 0 Å². The van der Waals surface area contributed by atoms with Crippen LogP contribution in [0.2, 0.25) is 0 Å². The Bertz CT molecular complexity index is 587. The van der Waals surface area contributed by atoms with Gasteiger partial charge in [-0.3, -0.25) is 4.68 Å². The van der Waals surface area contributed by atoms with E-state index in [1.807, 2.05) is 24.6 Å². The predicted octanol–water partition coefficient (Wildman–Crippen LogP) is 2.86. The van der Waals surface area contributed by atoms with Crippen molar-refractivity contribution in [2.24, 2.45) is 5.73 Å². The Labute approximate surface area is 123 Å². The summed E-state index contributed by atoms with van der Waals surface area (Å²) in [4.78, 5) is 0. The van der Waals surface area contributed by atoms with Crippen LogP contribution < -0.4 is 5.73 Å². The highest BCUT2D eigenvalue weighted by atomic mass is 19.1. The normalized spacial score (nSPS) is 12.6. The number of benzene rings is 1. The van der Waals surface area contributed by atoms with Crippen molar-refractivity contribution in [1.29, 1.82) is 0 Å². The molecule has 0 saturated heterocycles. The molecule has 0 amide bonds. The smallest absolute Gasteiger partial charge is 0.129 e. The van der Waals surface area contributed by atoms with E-state index in [0.717, 1.165) is 24.4 Å². The largest absolute Gasteiger partial charge is 0.327 e. The summed E-state index contributed by atoms with van der Waals surface area (Å²) in [6.07, 6.45) is 1.58. The second-order valence-corrected chi connectivity index (χ2v) is 5.16. The van der Waals surface area contributed by atoms with E-state index in [1.165, 1.54) is 18.2 Å². The topological polar surface area (TPSA) is 43.8 Å². The van der Waals surface area contributed by atoms with Crippen LogP contribution >= 0.6 is 0 Å². The van der Waals surface area contributed by atoms with Crippen molar-refractivity contribution in [3.05, 3.63) is 52.9 Å². The molecule has 2 N–H and O–H groups in total. The van der Waals surface area contributed by atoms with Crippen LogP contribution in [0.15, 0.2) is 24.3 Å². The first-order valence-electron chi connectivity index (χ1n) is 7.29. The SMILES string of the molecule is CCc1cc(CC(N)Cc2c(F)cccc2F)n(CC)n1. The number of hydrogen-bond acceptors (Lipinski definition) is 2. The van der Waals surface area contributed by atoms with Crippen LogP contribution in [-0.2, 0) is 25.8 Å². The van der Waals surface area contributed by atoms with Gasteiger partial charge in [0, 0.05) is 30.3 Å². The Morgan fingerprint density at radius 1 is 1.19 bits per heavy atom. The highest BCUT2D eigenvalue weighted by molar-refractivity contribution is 5.21. The van der Waals surface area contributed by atoms with Crippen molar-refractivity contribution < 1.29 is 8.78 Å². The van der Waals surface area contributed by atoms with Crippen LogP contribution in [0.4, 0.5) is 8.78 Å². The number of halogens is 2. The predicted molar refractivity (Wildman–Crippen MR) is 79.0 cm³/mol. The molecule has 0 radical (unpaired) electrons. The third-order valence-corrected chi connectivity index (χ3v) is 3.58. The lowest BCUT2D eigenvalue weighted by atomic mass is 10.0. The Morgan fingerprint density at radius 2 is 1.86 bits per heavy atom. The van der Waals surface area contributed by atoms with Gasteiger partial charge in [0.15, 0.2) is 0 Å². The maximum absolute atomic E-state index is 13.6. The number of aryl methyl sites for hydroxylation is 2. The summed E-state index contributed by atoms with van der Waals surface area (Å²) in [6.45, 7) is 4.81. The lowest BCUT2D eigenvalue weighted by Gasteiger charge is -2.13. The van der Waals surface area contributed by atoms with Gasteiger partial charge in [0.05, 0.1) is 5.69 Å². The molecule has 1 aromatic carbocycles. The van der Waals surface area contributed by atoms with Crippen molar-refractivity contribution in [2.75, 3.05) is 0 Å². The van der Waals surface area contributed by atoms with E-state index in [-0.39, 0.29) is 18.0 Å². The highest BCUT2D eigenvalue weighted by Crippen LogP contribution is 2.16. The van der Waals surface area contributed by atoms with Gasteiger partial charge >= 0.3 is 0 Å². The van der Waals surface area contributed by atoms with Gasteiger partial charge in [-0.25, -0.2) is 8.78 Å². The maximum atomic E-state index is 13.6. The summed E-state index contributed by atoms with van der Waals surface area (Å²) in [5, 5.41) is 4.46. The number of nitrogens with zero attached hydrogens (tertiary/aromatic N) is 2. The quantitative estimate of drug-likeness (QED) is 0.890. The minimum Gasteiger partial charge on any atom is -0.327 e. The van der Waals surface area contributed by atoms with Crippen molar-refractivity contribution in [1.82, 2.24) is 9.78 Å². The van der Waals surface area contributed by atoms with E-state index < -0.39 is 11.6 Å². The summed E-state index contributed by atoms with van der Waals surface area (Å²) >= 11 is 0. The number of rotatable bonds is 6. The van der Waals surface area contributed by atoms with Gasteiger partial charge in [-0.1, -0.05) is 13.0 Å². The van der Waals surface area contributed by atoms with Crippen molar-refractivity contribution in [3.8, 4) is 0 Å². The van der Waals surface area contributed by atoms with Crippen LogP contribution in [0.5, 0.6) is 0 Å². The molecular formula is C16H21F2N3. The third kappa shape index (κ3) is 3.67. The van der Waals surface area contributed by atoms with Crippen LogP contribution in [0.25, 0.3) is 0 Å². The Morgan fingerprint density at radius 3 is 2.43 bits per heavy atom. The molecule has 5 heteroatoms. The fourth-order valence-corrected chi connectivity index (χ4v) is 2.46. The van der Waals surface area contributed by atoms with Crippen molar-refractivity contribution in [3.63, 3.8) is 0 Å². The van der Waals surface area contributed by atoms with Crippen LogP contribution in [-0.4, -0.2) is 15.8 Å². The van der Waals surface area contributed by atoms with Gasteiger partial charge in [0.1, 0.15) is 11.6 Å². The molecule has 114 valence electrons. The minimum atomic E-state index is -0.538. The van der Waals surface area contributed by atoms with E-state index in [1.54, 1.807) is 0 Å². The average Bonchev–Trinajstić information content (AvgIpc) is 2.85. The first-order chi connectivity index (χ1) is 10.0. The Hall–Kier alpha value is -1.75. The molecule has 0 bridgehead atoms. The van der Waals surface area contributed by atoms with E-state index in [4.69, 9.17) is 5.73 Å². The second-order valence-electron chi connectivity index (χ2n) is 5.16. The van der Waals surface area contributed by atoms with Gasteiger partial charge in [-0.05, 0) is 38.0 Å². The molecule has 0 aliphatic rings. The fourth-order valence-electron chi connectivity index (χ4n) is 2.46. The third-order valence-electron chi connectivity index (χ3n) is 3.58. The summed E-state index contributed by atoms with van der Waals surface area (Å²) in [5.74, 6) is -1.08. The Kier molecular flexibility index (Phi) is 5.07. The molecule has 1 aromatic heterocycles. The number of hydrogen-bond donors (Lipinski definition) is 1. The van der Waals surface area contributed by atoms with Crippen LogP contribution in [0, 0.1) is 11.6 Å². The Balaban J connectivity index is 2.11. The second kappa shape index (κ2) is 6.80. The summed E-state index contributed by atoms with van der Waals surface area (Å²) in [7, 11) is 0. The number of aromatic nitrogens is 2. The number of nitrogens with two attached hydrogens (primary N) is 1. The van der Waals surface area contributed by atoms with E-state index in [2.05, 4.69) is 5.10 Å². The summed E-state index contributed by atoms with van der Waals surface area (Å²) < 4.78 is 29.2. The van der Waals surface area contributed by atoms with Gasteiger partial charge in [-0.15, -0.1) is 0 Å². The molecule has 1 atom stereocenters. The van der Waals surface area contributed by atoms with Gasteiger partial charge in [-0.2, -0.15) is 5.10 Å². The summed E-state index contributed by atoms with van der Waals surface area (Å²) in [5.41, 5.74) is 8.16. The zero-order chi connectivity index (χ0) is 15.4. The first-order valence-corrected chi connectivity index (χ1v) is 7.29. The molecule has 0 saturated carbocycles. The van der Waals surface area contributed by atoms with Gasteiger partial charge in [0.25, 0.3) is 0 Å². The van der Waals surface area contributed by atoms with Gasteiger partial charge in [0.2, 0.25) is 0 Å². The monoisotopic (exact) mass is 293 g/mol. The molecule has 0 aliphatic heterocycles. The zero-order valence-corrected chi connectivity index (χ0v) is 12.4. The van der Waals surface area contributed by atoms with Crippen LogP contribution in [0.3, 0.4) is 0 Å². The first kappa shape index (κ1) is 15.6. The summed E-state index contributed by atoms with van der Waals surface area (Å²) in [6, 6.07) is 5.55. The van der Waals surface area contributed by atoms with E-state index in [0.29, 0.717) is 6.42 Å². The molecule has 2 rings (SSSR count). The molecule has 0 fully saturated rings. The highest BCUT2D eigenvalue weighted by Gasteiger charge is 2.15. The molecule has 1 unspecified atom stereocenters. The zero-order valence-electron chi connectivity index (χ0n) is 12.4. The van der Waals surface area contributed by atoms with Crippen molar-refractivity contribution in [2.45, 2.75) is 45.7 Å². The maximum Gasteiger partial charge on any atom is 0.129 e. The molecular weight excluding hydrogens is 272 g/mol. The standard InChI is InChI=1S/C16H21F2N3/c1-3-12-10-13(21(4-2)20-12)8-11(19)9-14-15(17)6-5-7-16(14)18/h5-7,10-11H,3-4,8-9,19H2,1-2H3. The molecule has 3 nitrogen and oxygen atoms in total. The van der Waals surface area contributed by atoms with Crippen LogP contribution in [0.1, 0.15) is 30.8 Å². The molecule has 2 aromatic rings. The lowest BCUT2D eigenvalue weighted by Crippen LogP contribution is -2.27. The minimum absolute atomic E-state index is 0.0586. The molecule has 0 spiro atoms. The molecule has 0 aliphatic carbocycles. The van der Waals surface area contributed by atoms with Gasteiger partial charge < -0.3 is 5.73 Å². The average molecular weight is 293 g/mol. The molecule has 1 heterocycles. The van der Waals surface area contributed by atoms with E-state index in [9.17, 15) is 8.78 Å². The van der Waals surface area contributed by atoms with Crippen molar-refractivity contribution >= 4 is 0 Å². The molecule has 21 heavy (non-hydrogen) atoms. The lowest BCUT2D eigenvalue weighted by molar-refractivity contribution is 0.523.